The average molecular weight is 321 g/mol. The molecule has 6 rings (SSSR count). The Balaban J connectivity index is 2.02. The molecule has 0 fully saturated rings. The predicted molar refractivity (Wildman–Crippen MR) is 104 cm³/mol. The van der Waals surface area contributed by atoms with Crippen LogP contribution in [0.5, 0.6) is 0 Å². The molecule has 3 heteroatoms. The Morgan fingerprint density at radius 3 is 2.08 bits per heavy atom. The lowest BCUT2D eigenvalue weighted by Gasteiger charge is -2.04. The number of aromatic nitrogens is 3. The van der Waals surface area contributed by atoms with Crippen molar-refractivity contribution < 1.29 is 0 Å². The standard InChI is InChI=1S/C22H15N3/c1-24-19-13-11-15-7-3-5-9-17(15)21(19)25-20-16-8-4-2-6-14(16)10-12-18(20)23-22(24)25/h2-13H,1H3. The fraction of sp³-hybridized carbons (Fsp3) is 0.0455. The van der Waals surface area contributed by atoms with Crippen molar-refractivity contribution >= 4 is 49.4 Å². The number of aryl methyl sites for hydroxylation is 1. The number of hydrogen-bond acceptors (Lipinski definition) is 1. The molecule has 0 unspecified atom stereocenters. The molecule has 0 atom stereocenters. The van der Waals surface area contributed by atoms with Gasteiger partial charge in [-0.1, -0.05) is 60.7 Å². The smallest absolute Gasteiger partial charge is 0.215 e. The second-order valence-corrected chi connectivity index (χ2v) is 6.62. The molecule has 0 aliphatic rings. The van der Waals surface area contributed by atoms with Gasteiger partial charge in [0.2, 0.25) is 5.78 Å². The van der Waals surface area contributed by atoms with Gasteiger partial charge in [0.25, 0.3) is 0 Å². The molecule has 0 N–H and O–H groups in total. The number of nitrogens with zero attached hydrogens (tertiary/aromatic N) is 3. The van der Waals surface area contributed by atoms with Gasteiger partial charge in [-0.15, -0.1) is 0 Å². The Morgan fingerprint density at radius 2 is 1.32 bits per heavy atom. The molecule has 2 aromatic heterocycles. The summed E-state index contributed by atoms with van der Waals surface area (Å²) in [4.78, 5) is 4.93. The highest BCUT2D eigenvalue weighted by Gasteiger charge is 2.17. The fourth-order valence-corrected chi connectivity index (χ4v) is 4.12. The van der Waals surface area contributed by atoms with Gasteiger partial charge in [-0.05, 0) is 22.9 Å². The highest BCUT2D eigenvalue weighted by Crippen LogP contribution is 2.33. The van der Waals surface area contributed by atoms with Gasteiger partial charge in [0.15, 0.2) is 0 Å². The molecule has 0 bridgehead atoms. The van der Waals surface area contributed by atoms with Crippen molar-refractivity contribution in [1.29, 1.82) is 0 Å². The largest absolute Gasteiger partial charge is 0.313 e. The van der Waals surface area contributed by atoms with E-state index in [-0.39, 0.29) is 0 Å². The zero-order valence-electron chi connectivity index (χ0n) is 13.8. The van der Waals surface area contributed by atoms with E-state index in [1.807, 2.05) is 0 Å². The van der Waals surface area contributed by atoms with Crippen molar-refractivity contribution in [3.8, 4) is 0 Å². The van der Waals surface area contributed by atoms with E-state index in [4.69, 9.17) is 4.98 Å². The lowest BCUT2D eigenvalue weighted by Crippen LogP contribution is -1.87. The van der Waals surface area contributed by atoms with Gasteiger partial charge in [0.05, 0.1) is 22.1 Å². The summed E-state index contributed by atoms with van der Waals surface area (Å²) < 4.78 is 4.52. The molecule has 0 saturated carbocycles. The number of imidazole rings is 2. The second kappa shape index (κ2) is 4.39. The topological polar surface area (TPSA) is 22.2 Å². The molecule has 2 heterocycles. The molecule has 0 saturated heterocycles. The summed E-state index contributed by atoms with van der Waals surface area (Å²) in [6.07, 6.45) is 0. The van der Waals surface area contributed by atoms with Crippen LogP contribution in [0.2, 0.25) is 0 Å². The SMILES string of the molecule is Cn1c2ccc3ccccc3c2n2c3c(ccc4ccccc43)nc12. The maximum absolute atomic E-state index is 4.93. The number of hydrogen-bond donors (Lipinski definition) is 0. The molecule has 0 radical (unpaired) electrons. The van der Waals surface area contributed by atoms with E-state index < -0.39 is 0 Å². The quantitative estimate of drug-likeness (QED) is 0.373. The number of rotatable bonds is 0. The zero-order chi connectivity index (χ0) is 16.5. The van der Waals surface area contributed by atoms with Crippen molar-refractivity contribution in [3.05, 3.63) is 72.8 Å². The second-order valence-electron chi connectivity index (χ2n) is 6.62. The van der Waals surface area contributed by atoms with Gasteiger partial charge >= 0.3 is 0 Å². The molecular formula is C22H15N3. The normalized spacial score (nSPS) is 12.2. The Hall–Kier alpha value is -3.33. The summed E-state index contributed by atoms with van der Waals surface area (Å²) in [5.41, 5.74) is 4.67. The third-order valence-electron chi connectivity index (χ3n) is 5.29. The van der Waals surface area contributed by atoms with Crippen molar-refractivity contribution in [3.63, 3.8) is 0 Å². The summed E-state index contributed by atoms with van der Waals surface area (Å²) in [6, 6.07) is 25.8. The van der Waals surface area contributed by atoms with E-state index in [0.29, 0.717) is 0 Å². The van der Waals surface area contributed by atoms with Crippen molar-refractivity contribution in [2.75, 3.05) is 0 Å². The van der Waals surface area contributed by atoms with Crippen LogP contribution in [0.4, 0.5) is 0 Å². The minimum absolute atomic E-state index is 0.984. The van der Waals surface area contributed by atoms with Crippen LogP contribution in [0.1, 0.15) is 0 Å². The first-order valence-corrected chi connectivity index (χ1v) is 8.49. The van der Waals surface area contributed by atoms with Gasteiger partial charge in [-0.25, -0.2) is 4.98 Å². The molecule has 118 valence electrons. The number of benzene rings is 4. The van der Waals surface area contributed by atoms with E-state index in [1.165, 1.54) is 38.1 Å². The van der Waals surface area contributed by atoms with E-state index in [2.05, 4.69) is 88.8 Å². The Morgan fingerprint density at radius 1 is 0.680 bits per heavy atom. The third-order valence-corrected chi connectivity index (χ3v) is 5.29. The average Bonchev–Trinajstić information content (AvgIpc) is 3.18. The molecule has 0 amide bonds. The predicted octanol–water partition coefficient (Wildman–Crippen LogP) is 5.29. The summed E-state index contributed by atoms with van der Waals surface area (Å²) >= 11 is 0. The molecule has 0 aliphatic carbocycles. The zero-order valence-corrected chi connectivity index (χ0v) is 13.8. The minimum atomic E-state index is 0.984. The van der Waals surface area contributed by atoms with Gasteiger partial charge in [-0.2, -0.15) is 0 Å². The van der Waals surface area contributed by atoms with Crippen LogP contribution in [0.25, 0.3) is 49.4 Å². The highest BCUT2D eigenvalue weighted by atomic mass is 15.2. The minimum Gasteiger partial charge on any atom is -0.313 e. The van der Waals surface area contributed by atoms with Crippen LogP contribution in [-0.4, -0.2) is 14.0 Å². The lowest BCUT2D eigenvalue weighted by molar-refractivity contribution is 0.974. The molecular weight excluding hydrogens is 306 g/mol. The van der Waals surface area contributed by atoms with Gasteiger partial charge in [0.1, 0.15) is 0 Å². The molecule has 6 aromatic rings. The first-order chi connectivity index (χ1) is 12.3. The monoisotopic (exact) mass is 321 g/mol. The number of fused-ring (bicyclic) bond motifs is 9. The molecule has 0 aliphatic heterocycles. The Labute approximate surface area is 143 Å². The van der Waals surface area contributed by atoms with Gasteiger partial charge < -0.3 is 4.57 Å². The maximum atomic E-state index is 4.93. The Bertz CT molecular complexity index is 1450. The summed E-state index contributed by atoms with van der Waals surface area (Å²) in [5.74, 6) is 0.984. The van der Waals surface area contributed by atoms with Crippen LogP contribution in [0, 0.1) is 0 Å². The first kappa shape index (κ1) is 13.0. The van der Waals surface area contributed by atoms with Gasteiger partial charge in [0, 0.05) is 17.8 Å². The van der Waals surface area contributed by atoms with E-state index in [0.717, 1.165) is 11.3 Å². The van der Waals surface area contributed by atoms with E-state index >= 15 is 0 Å². The van der Waals surface area contributed by atoms with Crippen LogP contribution < -0.4 is 0 Å². The maximum Gasteiger partial charge on any atom is 0.215 e. The lowest BCUT2D eigenvalue weighted by atomic mass is 10.1. The van der Waals surface area contributed by atoms with Crippen molar-refractivity contribution in [2.45, 2.75) is 0 Å². The van der Waals surface area contributed by atoms with Crippen molar-refractivity contribution in [2.24, 2.45) is 7.05 Å². The van der Waals surface area contributed by atoms with Crippen LogP contribution >= 0.6 is 0 Å². The molecule has 3 nitrogen and oxygen atoms in total. The molecule has 4 aromatic carbocycles. The van der Waals surface area contributed by atoms with Crippen LogP contribution in [-0.2, 0) is 7.05 Å². The Kier molecular flexibility index (Phi) is 2.29. The van der Waals surface area contributed by atoms with E-state index in [9.17, 15) is 0 Å². The van der Waals surface area contributed by atoms with Crippen LogP contribution in [0.15, 0.2) is 72.8 Å². The summed E-state index contributed by atoms with van der Waals surface area (Å²) in [7, 11) is 2.10. The van der Waals surface area contributed by atoms with Crippen molar-refractivity contribution in [1.82, 2.24) is 14.0 Å². The fourth-order valence-electron chi connectivity index (χ4n) is 4.12. The summed E-state index contributed by atoms with van der Waals surface area (Å²) in [5, 5.41) is 5.00. The van der Waals surface area contributed by atoms with Crippen LogP contribution in [0.3, 0.4) is 0 Å². The third kappa shape index (κ3) is 1.53. The van der Waals surface area contributed by atoms with E-state index in [1.54, 1.807) is 0 Å². The first-order valence-electron chi connectivity index (χ1n) is 8.49. The molecule has 25 heavy (non-hydrogen) atoms. The summed E-state index contributed by atoms with van der Waals surface area (Å²) in [6.45, 7) is 0. The molecule has 0 spiro atoms. The highest BCUT2D eigenvalue weighted by molar-refractivity contribution is 6.12. The van der Waals surface area contributed by atoms with Gasteiger partial charge in [-0.3, -0.25) is 4.40 Å².